The highest BCUT2D eigenvalue weighted by molar-refractivity contribution is 6.30. The Hall–Kier alpha value is -2.31. The summed E-state index contributed by atoms with van der Waals surface area (Å²) in [6, 6.07) is 12.0. The van der Waals surface area contributed by atoms with Gasteiger partial charge in [0.05, 0.1) is 6.54 Å². The van der Waals surface area contributed by atoms with E-state index in [1.54, 1.807) is 12.1 Å². The van der Waals surface area contributed by atoms with Crippen molar-refractivity contribution in [3.8, 4) is 11.5 Å². The normalized spacial score (nSPS) is 20.1. The average molecular weight is 433 g/mol. The van der Waals surface area contributed by atoms with Crippen LogP contribution in [0.2, 0.25) is 5.02 Å². The van der Waals surface area contributed by atoms with E-state index in [-0.39, 0.29) is 11.7 Å². The summed E-state index contributed by atoms with van der Waals surface area (Å²) in [5.74, 6) is 1.37. The first-order valence-electron chi connectivity index (χ1n) is 10.4. The number of fused-ring (bicyclic) bond motifs is 1. The summed E-state index contributed by atoms with van der Waals surface area (Å²) >= 11 is 6.17. The summed E-state index contributed by atoms with van der Waals surface area (Å²) in [6.45, 7) is 3.88. The topological polar surface area (TPSA) is 42.0 Å². The molecule has 0 spiro atoms. The largest absolute Gasteiger partial charge is 0.492 e. The molecule has 0 aliphatic carbocycles. The van der Waals surface area contributed by atoms with Crippen LogP contribution >= 0.6 is 11.6 Å². The van der Waals surface area contributed by atoms with Gasteiger partial charge in [0, 0.05) is 42.7 Å². The number of amides is 1. The minimum absolute atomic E-state index is 0.162. The molecule has 2 aromatic rings. The Morgan fingerprint density at radius 3 is 2.80 bits per heavy atom. The Balaban J connectivity index is 1.32. The van der Waals surface area contributed by atoms with Crippen molar-refractivity contribution < 1.29 is 18.7 Å². The van der Waals surface area contributed by atoms with Gasteiger partial charge in [0.1, 0.15) is 30.5 Å². The van der Waals surface area contributed by atoms with Crippen molar-refractivity contribution in [3.05, 3.63) is 58.9 Å². The van der Waals surface area contributed by atoms with Crippen molar-refractivity contribution >= 4 is 17.5 Å². The van der Waals surface area contributed by atoms with E-state index in [0.717, 1.165) is 37.2 Å². The number of carbonyl (C=O) groups excluding carboxylic acids is 1. The van der Waals surface area contributed by atoms with Gasteiger partial charge < -0.3 is 14.4 Å². The van der Waals surface area contributed by atoms with E-state index in [0.29, 0.717) is 49.5 Å². The quantitative estimate of drug-likeness (QED) is 0.712. The molecule has 1 saturated heterocycles. The molecule has 2 aliphatic heterocycles. The fourth-order valence-corrected chi connectivity index (χ4v) is 4.32. The van der Waals surface area contributed by atoms with E-state index >= 15 is 0 Å². The second-order valence-corrected chi connectivity index (χ2v) is 8.17. The summed E-state index contributed by atoms with van der Waals surface area (Å²) in [5, 5.41) is 0.711. The van der Waals surface area contributed by atoms with Gasteiger partial charge >= 0.3 is 0 Å². The number of halogens is 2. The Morgan fingerprint density at radius 2 is 1.97 bits per heavy atom. The summed E-state index contributed by atoms with van der Waals surface area (Å²) in [6.07, 6.45) is 2.28. The SMILES string of the molecule is O=C1CCC(N2CCOc3ccc(Cl)cc3C2)CCN1CCOc1ccc(F)cc1. The summed E-state index contributed by atoms with van der Waals surface area (Å²) < 4.78 is 24.5. The van der Waals surface area contributed by atoms with E-state index in [2.05, 4.69) is 4.90 Å². The van der Waals surface area contributed by atoms with Crippen molar-refractivity contribution in [2.24, 2.45) is 0 Å². The highest BCUT2D eigenvalue weighted by Crippen LogP contribution is 2.29. The number of benzene rings is 2. The second-order valence-electron chi connectivity index (χ2n) is 7.74. The lowest BCUT2D eigenvalue weighted by molar-refractivity contribution is -0.131. The summed E-state index contributed by atoms with van der Waals surface area (Å²) in [4.78, 5) is 16.9. The first-order valence-corrected chi connectivity index (χ1v) is 10.8. The van der Waals surface area contributed by atoms with Crippen molar-refractivity contribution in [1.82, 2.24) is 9.80 Å². The van der Waals surface area contributed by atoms with Crippen molar-refractivity contribution in [1.29, 1.82) is 0 Å². The number of nitrogens with zero attached hydrogens (tertiary/aromatic N) is 2. The van der Waals surface area contributed by atoms with Crippen LogP contribution in [0.4, 0.5) is 4.39 Å². The number of ether oxygens (including phenoxy) is 2. The maximum Gasteiger partial charge on any atom is 0.222 e. The Bertz CT molecular complexity index is 877. The van der Waals surface area contributed by atoms with Gasteiger partial charge in [-0.2, -0.15) is 0 Å². The lowest BCUT2D eigenvalue weighted by atomic mass is 10.1. The van der Waals surface area contributed by atoms with Crippen LogP contribution in [0.1, 0.15) is 24.8 Å². The van der Waals surface area contributed by atoms with Crippen LogP contribution < -0.4 is 9.47 Å². The molecule has 160 valence electrons. The molecule has 4 rings (SSSR count). The number of hydrogen-bond donors (Lipinski definition) is 0. The number of carbonyl (C=O) groups is 1. The Morgan fingerprint density at radius 1 is 1.13 bits per heavy atom. The fourth-order valence-electron chi connectivity index (χ4n) is 4.12. The maximum atomic E-state index is 13.0. The predicted molar refractivity (Wildman–Crippen MR) is 113 cm³/mol. The standard InChI is InChI=1S/C23H26ClFN2O3/c24-18-1-7-22-17(15-18)16-27(12-14-30-22)20-4-8-23(28)26(10-9-20)11-13-29-21-5-2-19(25)3-6-21/h1-3,5-7,15,20H,4,8-14,16H2. The second kappa shape index (κ2) is 9.67. The number of hydrogen-bond acceptors (Lipinski definition) is 4. The van der Waals surface area contributed by atoms with Gasteiger partial charge in [-0.3, -0.25) is 9.69 Å². The van der Waals surface area contributed by atoms with E-state index < -0.39 is 0 Å². The molecule has 7 heteroatoms. The van der Waals surface area contributed by atoms with Crippen LogP contribution in [-0.2, 0) is 11.3 Å². The van der Waals surface area contributed by atoms with E-state index in [9.17, 15) is 9.18 Å². The average Bonchev–Trinajstić information content (AvgIpc) is 3.05. The van der Waals surface area contributed by atoms with Gasteiger partial charge in [-0.1, -0.05) is 11.6 Å². The lowest BCUT2D eigenvalue weighted by Gasteiger charge is -2.29. The molecular weight excluding hydrogens is 407 g/mol. The third kappa shape index (κ3) is 5.24. The molecule has 2 aliphatic rings. The van der Waals surface area contributed by atoms with Crippen LogP contribution in [-0.4, -0.2) is 54.6 Å². The molecular formula is C23H26ClFN2O3. The van der Waals surface area contributed by atoms with Crippen molar-refractivity contribution in [3.63, 3.8) is 0 Å². The molecule has 1 fully saturated rings. The number of likely N-dealkylation sites (tertiary alicyclic amines) is 1. The molecule has 2 aromatic carbocycles. The van der Waals surface area contributed by atoms with Crippen LogP contribution in [0.5, 0.6) is 11.5 Å². The smallest absolute Gasteiger partial charge is 0.222 e. The van der Waals surface area contributed by atoms with Crippen molar-refractivity contribution in [2.45, 2.75) is 31.8 Å². The van der Waals surface area contributed by atoms with Crippen LogP contribution in [0, 0.1) is 5.82 Å². The fraction of sp³-hybridized carbons (Fsp3) is 0.435. The zero-order valence-corrected chi connectivity index (χ0v) is 17.6. The zero-order chi connectivity index (χ0) is 20.9. The van der Waals surface area contributed by atoms with Crippen LogP contribution in [0.25, 0.3) is 0 Å². The van der Waals surface area contributed by atoms with Crippen LogP contribution in [0.3, 0.4) is 0 Å². The van der Waals surface area contributed by atoms with Gasteiger partial charge in [0.2, 0.25) is 5.91 Å². The van der Waals surface area contributed by atoms with Gasteiger partial charge in [0.15, 0.2) is 0 Å². The van der Waals surface area contributed by atoms with Crippen molar-refractivity contribution in [2.75, 3.05) is 32.8 Å². The molecule has 0 radical (unpaired) electrons. The summed E-state index contributed by atoms with van der Waals surface area (Å²) in [5.41, 5.74) is 1.10. The van der Waals surface area contributed by atoms with Gasteiger partial charge in [-0.15, -0.1) is 0 Å². The molecule has 0 N–H and O–H groups in total. The van der Waals surface area contributed by atoms with Crippen LogP contribution in [0.15, 0.2) is 42.5 Å². The van der Waals surface area contributed by atoms with Gasteiger partial charge in [0.25, 0.3) is 0 Å². The molecule has 1 unspecified atom stereocenters. The van der Waals surface area contributed by atoms with E-state index in [1.165, 1.54) is 12.1 Å². The maximum absolute atomic E-state index is 13.0. The molecule has 1 amide bonds. The molecule has 0 bridgehead atoms. The highest BCUT2D eigenvalue weighted by Gasteiger charge is 2.28. The van der Waals surface area contributed by atoms with E-state index in [1.807, 2.05) is 23.1 Å². The van der Waals surface area contributed by atoms with E-state index in [4.69, 9.17) is 21.1 Å². The summed E-state index contributed by atoms with van der Waals surface area (Å²) in [7, 11) is 0. The van der Waals surface area contributed by atoms with Gasteiger partial charge in [-0.25, -0.2) is 4.39 Å². The molecule has 5 nitrogen and oxygen atoms in total. The Labute approximate surface area is 181 Å². The molecule has 0 aromatic heterocycles. The zero-order valence-electron chi connectivity index (χ0n) is 16.9. The first kappa shape index (κ1) is 20.9. The highest BCUT2D eigenvalue weighted by atomic mass is 35.5. The minimum Gasteiger partial charge on any atom is -0.492 e. The number of rotatable bonds is 5. The molecule has 1 atom stereocenters. The molecule has 0 saturated carbocycles. The third-order valence-electron chi connectivity index (χ3n) is 5.77. The molecule has 2 heterocycles. The third-order valence-corrected chi connectivity index (χ3v) is 6.00. The van der Waals surface area contributed by atoms with Gasteiger partial charge in [-0.05, 0) is 55.3 Å². The monoisotopic (exact) mass is 432 g/mol. The predicted octanol–water partition coefficient (Wildman–Crippen LogP) is 4.13. The molecule has 30 heavy (non-hydrogen) atoms. The first-order chi connectivity index (χ1) is 14.6. The Kier molecular flexibility index (Phi) is 6.75. The minimum atomic E-state index is -0.292. The lowest BCUT2D eigenvalue weighted by Crippen LogP contribution is -2.38.